The van der Waals surface area contributed by atoms with E-state index in [-0.39, 0.29) is 0 Å². The van der Waals surface area contributed by atoms with Crippen LogP contribution in [-0.4, -0.2) is 11.2 Å². The Balaban J connectivity index is 2.01. The van der Waals surface area contributed by atoms with Crippen LogP contribution in [-0.2, 0) is 0 Å². The van der Waals surface area contributed by atoms with Gasteiger partial charge in [-0.1, -0.05) is 13.0 Å². The van der Waals surface area contributed by atoms with Crippen LogP contribution in [0.25, 0.3) is 0 Å². The lowest BCUT2D eigenvalue weighted by Gasteiger charge is -2.27. The van der Waals surface area contributed by atoms with E-state index in [4.69, 9.17) is 4.74 Å². The number of rotatable bonds is 3. The minimum Gasteiger partial charge on any atom is -0.490 e. The van der Waals surface area contributed by atoms with E-state index in [1.165, 1.54) is 25.7 Å². The van der Waals surface area contributed by atoms with Gasteiger partial charge in [0.2, 0.25) is 0 Å². The van der Waals surface area contributed by atoms with Gasteiger partial charge >= 0.3 is 0 Å². The Hall–Kier alpha value is -1.02. The number of benzene rings is 1. The minimum absolute atomic E-state index is 0.372. The van der Waals surface area contributed by atoms with Gasteiger partial charge in [-0.25, -0.2) is 0 Å². The molecule has 1 N–H and O–H groups in total. The van der Waals surface area contributed by atoms with Crippen LogP contribution in [0.4, 0.5) is 0 Å². The highest BCUT2D eigenvalue weighted by atomic mass is 16.5. The number of hydrogen-bond acceptors (Lipinski definition) is 2. The molecule has 0 aromatic heterocycles. The van der Waals surface area contributed by atoms with Gasteiger partial charge in [0.1, 0.15) is 5.75 Å². The Morgan fingerprint density at radius 1 is 1.22 bits per heavy atom. The van der Waals surface area contributed by atoms with Crippen molar-refractivity contribution < 1.29 is 9.84 Å². The lowest BCUT2D eigenvalue weighted by molar-refractivity contribution is 0.134. The summed E-state index contributed by atoms with van der Waals surface area (Å²) in [5, 5.41) is 9.55. The Bertz CT molecular complexity index is 390. The number of aliphatic hydroxyl groups excluding tert-OH is 1. The van der Waals surface area contributed by atoms with E-state index in [2.05, 4.69) is 6.92 Å². The average molecular weight is 248 g/mol. The first-order valence-electron chi connectivity index (χ1n) is 7.01. The van der Waals surface area contributed by atoms with E-state index < -0.39 is 6.10 Å². The topological polar surface area (TPSA) is 29.5 Å². The average Bonchev–Trinajstić information content (AvgIpc) is 2.34. The molecule has 0 radical (unpaired) electrons. The summed E-state index contributed by atoms with van der Waals surface area (Å²) in [6.07, 6.45) is 4.84. The molecule has 2 heteroatoms. The lowest BCUT2D eigenvalue weighted by atomic mass is 9.89. The zero-order chi connectivity index (χ0) is 13.1. The molecule has 1 aromatic rings. The van der Waals surface area contributed by atoms with E-state index in [0.29, 0.717) is 6.10 Å². The highest BCUT2D eigenvalue weighted by molar-refractivity contribution is 5.37. The third-order valence-electron chi connectivity index (χ3n) is 3.94. The van der Waals surface area contributed by atoms with Crippen LogP contribution < -0.4 is 4.74 Å². The minimum atomic E-state index is -0.409. The molecule has 0 bridgehead atoms. The summed E-state index contributed by atoms with van der Waals surface area (Å²) in [6, 6.07) is 5.97. The van der Waals surface area contributed by atoms with E-state index >= 15 is 0 Å². The van der Waals surface area contributed by atoms with E-state index in [9.17, 15) is 5.11 Å². The fraction of sp³-hybridized carbons (Fsp3) is 0.625. The van der Waals surface area contributed by atoms with E-state index in [1.807, 2.05) is 25.1 Å². The normalized spacial score (nSPS) is 25.8. The molecule has 18 heavy (non-hydrogen) atoms. The van der Waals surface area contributed by atoms with Crippen LogP contribution in [0.1, 0.15) is 56.8 Å². The van der Waals surface area contributed by atoms with Crippen molar-refractivity contribution in [3.8, 4) is 5.75 Å². The maximum Gasteiger partial charge on any atom is 0.122 e. The van der Waals surface area contributed by atoms with Gasteiger partial charge in [-0.2, -0.15) is 0 Å². The Kier molecular flexibility index (Phi) is 4.28. The molecule has 2 nitrogen and oxygen atoms in total. The molecule has 1 aliphatic rings. The molecule has 1 aliphatic carbocycles. The second-order valence-electron chi connectivity index (χ2n) is 5.70. The molecule has 0 saturated heterocycles. The molecular weight excluding hydrogens is 224 g/mol. The van der Waals surface area contributed by atoms with Crippen LogP contribution in [0.3, 0.4) is 0 Å². The van der Waals surface area contributed by atoms with Gasteiger partial charge in [0.25, 0.3) is 0 Å². The molecule has 2 rings (SSSR count). The van der Waals surface area contributed by atoms with Crippen molar-refractivity contribution in [3.05, 3.63) is 29.3 Å². The molecule has 1 fully saturated rings. The van der Waals surface area contributed by atoms with Gasteiger partial charge in [-0.3, -0.25) is 0 Å². The van der Waals surface area contributed by atoms with Gasteiger partial charge in [0.15, 0.2) is 0 Å². The summed E-state index contributed by atoms with van der Waals surface area (Å²) < 4.78 is 6.09. The third kappa shape index (κ3) is 3.26. The largest absolute Gasteiger partial charge is 0.490 e. The van der Waals surface area contributed by atoms with Gasteiger partial charge in [0, 0.05) is 0 Å². The van der Waals surface area contributed by atoms with Crippen molar-refractivity contribution >= 4 is 0 Å². The molecule has 0 unspecified atom stereocenters. The Labute approximate surface area is 110 Å². The highest BCUT2D eigenvalue weighted by Gasteiger charge is 2.20. The molecule has 0 spiro atoms. The summed E-state index contributed by atoms with van der Waals surface area (Å²) in [6.45, 7) is 6.16. The van der Waals surface area contributed by atoms with Crippen LogP contribution in [0, 0.1) is 12.8 Å². The van der Waals surface area contributed by atoms with Crippen LogP contribution in [0.5, 0.6) is 5.75 Å². The standard InChI is InChI=1S/C16H24O2/c1-11-4-7-15(8-5-11)18-16-9-6-14(13(3)17)10-12(16)2/h6,9-11,13,15,17H,4-5,7-8H2,1-3H3/t11?,13-,15?/m1/s1. The van der Waals surface area contributed by atoms with Gasteiger partial charge < -0.3 is 9.84 Å². The third-order valence-corrected chi connectivity index (χ3v) is 3.94. The number of aliphatic hydroxyl groups is 1. The first-order chi connectivity index (χ1) is 8.56. The first-order valence-corrected chi connectivity index (χ1v) is 7.01. The predicted octanol–water partition coefficient (Wildman–Crippen LogP) is 4.01. The quantitative estimate of drug-likeness (QED) is 0.876. The van der Waals surface area contributed by atoms with Crippen molar-refractivity contribution in [1.82, 2.24) is 0 Å². The summed E-state index contributed by atoms with van der Waals surface area (Å²) in [4.78, 5) is 0. The van der Waals surface area contributed by atoms with Crippen molar-refractivity contribution in [1.29, 1.82) is 0 Å². The highest BCUT2D eigenvalue weighted by Crippen LogP contribution is 2.29. The van der Waals surface area contributed by atoms with Gasteiger partial charge in [0.05, 0.1) is 12.2 Å². The van der Waals surface area contributed by atoms with Crippen LogP contribution >= 0.6 is 0 Å². The monoisotopic (exact) mass is 248 g/mol. The smallest absolute Gasteiger partial charge is 0.122 e. The number of hydrogen-bond donors (Lipinski definition) is 1. The second kappa shape index (κ2) is 5.75. The predicted molar refractivity (Wildman–Crippen MR) is 73.9 cm³/mol. The number of aryl methyl sites for hydroxylation is 1. The van der Waals surface area contributed by atoms with Crippen LogP contribution in [0.2, 0.25) is 0 Å². The Morgan fingerprint density at radius 2 is 1.89 bits per heavy atom. The van der Waals surface area contributed by atoms with Crippen molar-refractivity contribution in [3.63, 3.8) is 0 Å². The maximum atomic E-state index is 9.55. The summed E-state index contributed by atoms with van der Waals surface area (Å²) in [5.41, 5.74) is 2.07. The fourth-order valence-corrected chi connectivity index (χ4v) is 2.59. The molecule has 0 aliphatic heterocycles. The van der Waals surface area contributed by atoms with Crippen molar-refractivity contribution in [2.24, 2.45) is 5.92 Å². The SMILES string of the molecule is Cc1cc([C@@H](C)O)ccc1OC1CCC(C)CC1. The molecule has 1 saturated carbocycles. The molecule has 0 amide bonds. The maximum absolute atomic E-state index is 9.55. The fourth-order valence-electron chi connectivity index (χ4n) is 2.59. The molecule has 1 aromatic carbocycles. The van der Waals surface area contributed by atoms with E-state index in [0.717, 1.165) is 22.8 Å². The lowest BCUT2D eigenvalue weighted by Crippen LogP contribution is -2.23. The molecular formula is C16H24O2. The second-order valence-corrected chi connectivity index (χ2v) is 5.70. The first kappa shape index (κ1) is 13.4. The molecule has 0 heterocycles. The summed E-state index contributed by atoms with van der Waals surface area (Å²) in [5.74, 6) is 1.82. The molecule has 1 atom stereocenters. The van der Waals surface area contributed by atoms with Crippen LogP contribution in [0.15, 0.2) is 18.2 Å². The van der Waals surface area contributed by atoms with Crippen molar-refractivity contribution in [2.45, 2.75) is 58.7 Å². The van der Waals surface area contributed by atoms with E-state index in [1.54, 1.807) is 6.92 Å². The zero-order valence-corrected chi connectivity index (χ0v) is 11.6. The molecule has 100 valence electrons. The Morgan fingerprint density at radius 3 is 2.44 bits per heavy atom. The number of ether oxygens (including phenoxy) is 1. The zero-order valence-electron chi connectivity index (χ0n) is 11.6. The summed E-state index contributed by atoms with van der Waals surface area (Å²) in [7, 11) is 0. The van der Waals surface area contributed by atoms with Gasteiger partial charge in [-0.15, -0.1) is 0 Å². The van der Waals surface area contributed by atoms with Crippen molar-refractivity contribution in [2.75, 3.05) is 0 Å². The summed E-state index contributed by atoms with van der Waals surface area (Å²) >= 11 is 0. The van der Waals surface area contributed by atoms with Gasteiger partial charge in [-0.05, 0) is 68.7 Å².